The van der Waals surface area contributed by atoms with Gasteiger partial charge in [-0.05, 0) is 20.5 Å². The molecule has 0 saturated heterocycles. The molecule has 0 radical (unpaired) electrons. The topological polar surface area (TPSA) is 45.5 Å². The number of aryl methyl sites for hydroxylation is 1. The minimum Gasteiger partial charge on any atom is -0.503 e. The van der Waals surface area contributed by atoms with Crippen molar-refractivity contribution in [2.45, 2.75) is 58.5 Å². The van der Waals surface area contributed by atoms with Crippen LogP contribution >= 0.6 is 0 Å². The average Bonchev–Trinajstić information content (AvgIpc) is 2.38. The standard InChI is InChI=1S/C16H28N2O2/c1-4-5-6-7-8-9-10-18-13-16(20)15(19)11-14(18)12-17(2)3/h11,13,20H,4-10,12H2,1-3H3. The van der Waals surface area contributed by atoms with Gasteiger partial charge in [-0.25, -0.2) is 0 Å². The summed E-state index contributed by atoms with van der Waals surface area (Å²) in [6.45, 7) is 3.80. The van der Waals surface area contributed by atoms with Gasteiger partial charge in [-0.3, -0.25) is 4.79 Å². The Labute approximate surface area is 122 Å². The van der Waals surface area contributed by atoms with E-state index >= 15 is 0 Å². The highest BCUT2D eigenvalue weighted by Crippen LogP contribution is 2.11. The molecular formula is C16H28N2O2. The fourth-order valence-electron chi connectivity index (χ4n) is 2.33. The predicted octanol–water partition coefficient (Wildman–Crippen LogP) is 2.98. The van der Waals surface area contributed by atoms with Gasteiger partial charge in [-0.1, -0.05) is 39.0 Å². The number of hydrogen-bond acceptors (Lipinski definition) is 3. The smallest absolute Gasteiger partial charge is 0.223 e. The largest absolute Gasteiger partial charge is 0.503 e. The lowest BCUT2D eigenvalue weighted by molar-refractivity contribution is 0.379. The van der Waals surface area contributed by atoms with Crippen LogP contribution in [-0.4, -0.2) is 28.7 Å². The van der Waals surface area contributed by atoms with Gasteiger partial charge in [0.25, 0.3) is 0 Å². The molecule has 0 unspecified atom stereocenters. The summed E-state index contributed by atoms with van der Waals surface area (Å²) in [4.78, 5) is 13.6. The van der Waals surface area contributed by atoms with Crippen molar-refractivity contribution in [3.63, 3.8) is 0 Å². The normalized spacial score (nSPS) is 11.2. The summed E-state index contributed by atoms with van der Waals surface area (Å²) in [6.07, 6.45) is 9.01. The molecule has 0 bridgehead atoms. The fourth-order valence-corrected chi connectivity index (χ4v) is 2.33. The Morgan fingerprint density at radius 3 is 2.45 bits per heavy atom. The van der Waals surface area contributed by atoms with Crippen LogP contribution in [0.1, 0.15) is 51.1 Å². The molecule has 1 N–H and O–H groups in total. The summed E-state index contributed by atoms with van der Waals surface area (Å²) < 4.78 is 2.01. The molecule has 1 rings (SSSR count). The van der Waals surface area contributed by atoms with Crippen LogP contribution in [0.5, 0.6) is 5.75 Å². The van der Waals surface area contributed by atoms with Gasteiger partial charge in [-0.2, -0.15) is 0 Å². The maximum Gasteiger partial charge on any atom is 0.223 e. The van der Waals surface area contributed by atoms with Crippen LogP contribution < -0.4 is 5.43 Å². The van der Waals surface area contributed by atoms with Gasteiger partial charge in [-0.15, -0.1) is 0 Å². The maximum atomic E-state index is 11.5. The van der Waals surface area contributed by atoms with Crippen LogP contribution in [0.4, 0.5) is 0 Å². The van der Waals surface area contributed by atoms with Crippen LogP contribution in [0, 0.1) is 0 Å². The molecule has 0 amide bonds. The van der Waals surface area contributed by atoms with Gasteiger partial charge >= 0.3 is 0 Å². The van der Waals surface area contributed by atoms with Crippen molar-refractivity contribution in [1.82, 2.24) is 9.47 Å². The molecule has 0 fully saturated rings. The average molecular weight is 280 g/mol. The number of nitrogens with zero attached hydrogens (tertiary/aromatic N) is 2. The fraction of sp³-hybridized carbons (Fsp3) is 0.688. The van der Waals surface area contributed by atoms with Crippen LogP contribution in [0.2, 0.25) is 0 Å². The molecule has 1 heterocycles. The van der Waals surface area contributed by atoms with Crippen molar-refractivity contribution in [2.24, 2.45) is 0 Å². The van der Waals surface area contributed by atoms with E-state index in [2.05, 4.69) is 6.92 Å². The Morgan fingerprint density at radius 1 is 1.15 bits per heavy atom. The zero-order valence-electron chi connectivity index (χ0n) is 13.1. The number of aromatic nitrogens is 1. The van der Waals surface area contributed by atoms with E-state index in [1.807, 2.05) is 23.6 Å². The van der Waals surface area contributed by atoms with Crippen LogP contribution in [0.15, 0.2) is 17.1 Å². The van der Waals surface area contributed by atoms with Gasteiger partial charge in [0.15, 0.2) is 5.75 Å². The van der Waals surface area contributed by atoms with E-state index in [4.69, 9.17) is 0 Å². The second-order valence-electron chi connectivity index (χ2n) is 5.71. The van der Waals surface area contributed by atoms with Gasteiger partial charge in [0.2, 0.25) is 5.43 Å². The zero-order chi connectivity index (χ0) is 15.0. The first kappa shape index (κ1) is 16.8. The molecule has 0 spiro atoms. The first-order chi connectivity index (χ1) is 9.54. The van der Waals surface area contributed by atoms with Crippen molar-refractivity contribution >= 4 is 0 Å². The van der Waals surface area contributed by atoms with Crippen molar-refractivity contribution in [3.8, 4) is 5.75 Å². The number of aromatic hydroxyl groups is 1. The lowest BCUT2D eigenvalue weighted by Gasteiger charge is -2.17. The molecule has 0 aliphatic carbocycles. The highest BCUT2D eigenvalue weighted by Gasteiger charge is 2.06. The quantitative estimate of drug-likeness (QED) is 0.707. The summed E-state index contributed by atoms with van der Waals surface area (Å²) in [7, 11) is 3.96. The number of unbranched alkanes of at least 4 members (excludes halogenated alkanes) is 5. The summed E-state index contributed by atoms with van der Waals surface area (Å²) in [5, 5.41) is 9.58. The molecule has 20 heavy (non-hydrogen) atoms. The van der Waals surface area contributed by atoms with E-state index in [0.717, 1.165) is 18.7 Å². The van der Waals surface area contributed by atoms with E-state index < -0.39 is 0 Å². The monoisotopic (exact) mass is 280 g/mol. The van der Waals surface area contributed by atoms with Crippen LogP contribution in [-0.2, 0) is 13.1 Å². The molecule has 0 aliphatic heterocycles. The van der Waals surface area contributed by atoms with Crippen LogP contribution in [0.25, 0.3) is 0 Å². The SMILES string of the molecule is CCCCCCCCn1cc(O)c(=O)cc1CN(C)C. The van der Waals surface area contributed by atoms with E-state index in [9.17, 15) is 9.90 Å². The highest BCUT2D eigenvalue weighted by atomic mass is 16.3. The van der Waals surface area contributed by atoms with Gasteiger partial charge in [0, 0.05) is 24.8 Å². The first-order valence-corrected chi connectivity index (χ1v) is 7.61. The van der Waals surface area contributed by atoms with E-state index in [0.29, 0.717) is 6.54 Å². The van der Waals surface area contributed by atoms with E-state index in [-0.39, 0.29) is 11.2 Å². The number of rotatable bonds is 9. The Hall–Kier alpha value is -1.29. The summed E-state index contributed by atoms with van der Waals surface area (Å²) in [5.74, 6) is -0.154. The lowest BCUT2D eigenvalue weighted by atomic mass is 10.1. The second kappa shape index (κ2) is 8.80. The van der Waals surface area contributed by atoms with Gasteiger partial charge in [0.1, 0.15) is 0 Å². The molecule has 4 heteroatoms. The van der Waals surface area contributed by atoms with Crippen molar-refractivity contribution in [1.29, 1.82) is 0 Å². The number of pyridine rings is 1. The minimum atomic E-state index is -0.291. The molecule has 0 atom stereocenters. The summed E-state index contributed by atoms with van der Waals surface area (Å²) in [6, 6.07) is 1.55. The first-order valence-electron chi connectivity index (χ1n) is 7.61. The Balaban J connectivity index is 2.58. The highest BCUT2D eigenvalue weighted by molar-refractivity contribution is 5.20. The molecule has 4 nitrogen and oxygen atoms in total. The zero-order valence-corrected chi connectivity index (χ0v) is 13.1. The van der Waals surface area contributed by atoms with Crippen molar-refractivity contribution < 1.29 is 5.11 Å². The Morgan fingerprint density at radius 2 is 1.80 bits per heavy atom. The number of hydrogen-bond donors (Lipinski definition) is 1. The molecule has 1 aromatic rings. The molecule has 114 valence electrons. The van der Waals surface area contributed by atoms with Gasteiger partial charge in [0.05, 0.1) is 6.20 Å². The second-order valence-corrected chi connectivity index (χ2v) is 5.71. The third-order valence-corrected chi connectivity index (χ3v) is 3.43. The molecular weight excluding hydrogens is 252 g/mol. The maximum absolute atomic E-state index is 11.5. The third kappa shape index (κ3) is 5.78. The van der Waals surface area contributed by atoms with Gasteiger partial charge < -0.3 is 14.6 Å². The molecule has 1 aromatic heterocycles. The minimum absolute atomic E-state index is 0.154. The van der Waals surface area contributed by atoms with E-state index in [1.165, 1.54) is 32.1 Å². The lowest BCUT2D eigenvalue weighted by Crippen LogP contribution is -2.19. The molecule has 0 aromatic carbocycles. The Bertz CT molecular complexity index is 452. The summed E-state index contributed by atoms with van der Waals surface area (Å²) >= 11 is 0. The van der Waals surface area contributed by atoms with Crippen LogP contribution in [0.3, 0.4) is 0 Å². The van der Waals surface area contributed by atoms with E-state index in [1.54, 1.807) is 12.3 Å². The summed E-state index contributed by atoms with van der Waals surface area (Å²) in [5.41, 5.74) is 0.674. The Kier molecular flexibility index (Phi) is 7.37. The van der Waals surface area contributed by atoms with Crippen molar-refractivity contribution in [3.05, 3.63) is 28.2 Å². The predicted molar refractivity (Wildman–Crippen MR) is 83.1 cm³/mol. The third-order valence-electron chi connectivity index (χ3n) is 3.43. The van der Waals surface area contributed by atoms with Crippen molar-refractivity contribution in [2.75, 3.05) is 14.1 Å². The molecule has 0 saturated carbocycles. The molecule has 0 aliphatic rings.